The molecule has 0 spiro atoms. The number of pyridine rings is 1. The molecule has 0 N–H and O–H groups in total. The van der Waals surface area contributed by atoms with Crippen LogP contribution in [0.1, 0.15) is 46.1 Å². The smallest absolute Gasteiger partial charge is 0.335 e. The van der Waals surface area contributed by atoms with Crippen molar-refractivity contribution in [3.63, 3.8) is 0 Å². The number of allylic oxidation sites excluding steroid dienone is 6. The minimum atomic E-state index is -4.31. The van der Waals surface area contributed by atoms with Crippen molar-refractivity contribution in [2.24, 2.45) is 5.41 Å². The Hall–Kier alpha value is -2.90. The molecule has 40 heavy (non-hydrogen) atoms. The monoisotopic (exact) mass is 579 g/mol. The first kappa shape index (κ1) is 28.6. The molecule has 2 aliphatic rings. The first-order chi connectivity index (χ1) is 19.0. The number of aryl methyl sites for hydroxylation is 1. The summed E-state index contributed by atoms with van der Waals surface area (Å²) in [5, 5.41) is 2.07. The van der Waals surface area contributed by atoms with Gasteiger partial charge in [0.1, 0.15) is 6.54 Å². The summed E-state index contributed by atoms with van der Waals surface area (Å²) in [6, 6.07) is 15.5. The van der Waals surface area contributed by atoms with Gasteiger partial charge in [0, 0.05) is 28.5 Å². The predicted molar refractivity (Wildman–Crippen MR) is 163 cm³/mol. The molecule has 0 bridgehead atoms. The van der Waals surface area contributed by atoms with E-state index >= 15 is 0 Å². The first-order valence-corrected chi connectivity index (χ1v) is 15.2. The van der Waals surface area contributed by atoms with E-state index in [-0.39, 0.29) is 22.1 Å². The lowest BCUT2D eigenvalue weighted by molar-refractivity contribution is -0.667. The Labute approximate surface area is 243 Å². The summed E-state index contributed by atoms with van der Waals surface area (Å²) >= 11 is 1.76. The molecule has 0 saturated heterocycles. The molecule has 3 aromatic rings. The molecule has 5 rings (SSSR count). The van der Waals surface area contributed by atoms with Crippen LogP contribution < -0.4 is 9.47 Å². The average Bonchev–Trinajstić information content (AvgIpc) is 3.23. The van der Waals surface area contributed by atoms with Crippen molar-refractivity contribution in [2.75, 3.05) is 11.4 Å². The average molecular weight is 580 g/mol. The van der Waals surface area contributed by atoms with Crippen LogP contribution in [-0.2, 0) is 6.54 Å². The predicted octanol–water partition coefficient (Wildman–Crippen LogP) is 9.92. The summed E-state index contributed by atoms with van der Waals surface area (Å²) in [6.07, 6.45) is 14.8. The van der Waals surface area contributed by atoms with Crippen LogP contribution in [0.4, 0.5) is 18.9 Å². The van der Waals surface area contributed by atoms with E-state index < -0.39 is 5.51 Å². The van der Waals surface area contributed by atoms with E-state index in [1.165, 1.54) is 26.8 Å². The van der Waals surface area contributed by atoms with Gasteiger partial charge in [-0.25, -0.2) is 0 Å². The SMILES string of the molecule is CCN1/C(=C\C2=CC(=C/C=C\c3cc[n+](CC)c4ccc(SC(F)(F)F)cc34)/CC(C)(C)C2)Sc2ccccc21. The zero-order valence-corrected chi connectivity index (χ0v) is 24.9. The molecule has 0 unspecified atom stereocenters. The van der Waals surface area contributed by atoms with Crippen molar-refractivity contribution >= 4 is 46.2 Å². The highest BCUT2D eigenvalue weighted by molar-refractivity contribution is 8.03. The molecule has 1 aliphatic heterocycles. The lowest BCUT2D eigenvalue weighted by Gasteiger charge is -2.31. The molecule has 0 saturated carbocycles. The fourth-order valence-electron chi connectivity index (χ4n) is 5.58. The Bertz CT molecular complexity index is 1550. The van der Waals surface area contributed by atoms with Crippen LogP contribution in [0.25, 0.3) is 17.0 Å². The Morgan fingerprint density at radius 1 is 1.07 bits per heavy atom. The maximum absolute atomic E-state index is 13.1. The van der Waals surface area contributed by atoms with Gasteiger partial charge >= 0.3 is 5.51 Å². The number of halogens is 3. The number of hydrogen-bond acceptors (Lipinski definition) is 3. The third-order valence-corrected chi connectivity index (χ3v) is 9.01. The molecule has 2 nitrogen and oxygen atoms in total. The van der Waals surface area contributed by atoms with E-state index in [1.54, 1.807) is 18.2 Å². The number of hydrogen-bond donors (Lipinski definition) is 0. The molecule has 2 heterocycles. The summed E-state index contributed by atoms with van der Waals surface area (Å²) in [5.41, 5.74) is 1.47. The number of para-hydroxylation sites is 1. The van der Waals surface area contributed by atoms with Crippen LogP contribution in [0, 0.1) is 5.41 Å². The van der Waals surface area contributed by atoms with Gasteiger partial charge in [-0.2, -0.15) is 17.7 Å². The summed E-state index contributed by atoms with van der Waals surface area (Å²) < 4.78 is 41.2. The second kappa shape index (κ2) is 11.5. The first-order valence-electron chi connectivity index (χ1n) is 13.6. The Morgan fingerprint density at radius 3 is 2.62 bits per heavy atom. The van der Waals surface area contributed by atoms with E-state index in [4.69, 9.17) is 0 Å². The molecule has 0 amide bonds. The van der Waals surface area contributed by atoms with Crippen molar-refractivity contribution in [1.82, 2.24) is 0 Å². The van der Waals surface area contributed by atoms with Gasteiger partial charge in [0.2, 0.25) is 5.52 Å². The Morgan fingerprint density at radius 2 is 1.88 bits per heavy atom. The Kier molecular flexibility index (Phi) is 8.25. The molecule has 0 radical (unpaired) electrons. The normalized spacial score (nSPS) is 19.2. The summed E-state index contributed by atoms with van der Waals surface area (Å²) in [7, 11) is 0. The molecule has 2 aromatic carbocycles. The number of thioether (sulfide) groups is 2. The number of rotatable bonds is 6. The standard InChI is InChI=1S/C33H34F3N2S2/c1-5-37-17-16-25(27-20-26(14-15-28(27)37)40-33(34,35)36)11-9-10-23-18-24(22-32(3,4)21-23)19-31-38(6-2)29-12-7-8-13-30(29)39-31/h7-20H,5-6,21-22H2,1-4H3/q+1. The van der Waals surface area contributed by atoms with Crippen LogP contribution in [0.2, 0.25) is 0 Å². The molecule has 1 aliphatic carbocycles. The van der Waals surface area contributed by atoms with E-state index in [2.05, 4.69) is 72.7 Å². The highest BCUT2D eigenvalue weighted by atomic mass is 32.2. The zero-order valence-electron chi connectivity index (χ0n) is 23.3. The quantitative estimate of drug-likeness (QED) is 0.212. The highest BCUT2D eigenvalue weighted by Gasteiger charge is 2.30. The maximum atomic E-state index is 13.1. The molecular weight excluding hydrogens is 546 g/mol. The summed E-state index contributed by atoms with van der Waals surface area (Å²) in [5.74, 6) is 0. The van der Waals surface area contributed by atoms with Gasteiger partial charge in [-0.3, -0.25) is 0 Å². The number of alkyl halides is 3. The molecule has 0 atom stereocenters. The minimum absolute atomic E-state index is 0.0688. The van der Waals surface area contributed by atoms with Gasteiger partial charge in [0.15, 0.2) is 6.20 Å². The van der Waals surface area contributed by atoms with Crippen molar-refractivity contribution in [1.29, 1.82) is 0 Å². The Balaban J connectivity index is 1.45. The van der Waals surface area contributed by atoms with Gasteiger partial charge in [0.25, 0.3) is 0 Å². The van der Waals surface area contributed by atoms with Crippen molar-refractivity contribution in [3.05, 3.63) is 101 Å². The second-order valence-electron chi connectivity index (χ2n) is 10.9. The van der Waals surface area contributed by atoms with Gasteiger partial charge in [-0.15, -0.1) is 0 Å². The van der Waals surface area contributed by atoms with Crippen LogP contribution in [0.15, 0.2) is 105 Å². The van der Waals surface area contributed by atoms with Crippen LogP contribution >= 0.6 is 23.5 Å². The molecule has 0 fully saturated rings. The molecule has 1 aromatic heterocycles. The fourth-order valence-corrected chi connectivity index (χ4v) is 7.37. The largest absolute Gasteiger partial charge is 0.446 e. The van der Waals surface area contributed by atoms with E-state index in [9.17, 15) is 13.2 Å². The topological polar surface area (TPSA) is 7.12 Å². The number of anilines is 1. The van der Waals surface area contributed by atoms with E-state index in [0.29, 0.717) is 0 Å². The van der Waals surface area contributed by atoms with Gasteiger partial charge in [-0.05, 0) is 90.9 Å². The molecule has 208 valence electrons. The van der Waals surface area contributed by atoms with Crippen molar-refractivity contribution in [3.8, 4) is 0 Å². The summed E-state index contributed by atoms with van der Waals surface area (Å²) in [6.45, 7) is 10.5. The zero-order chi connectivity index (χ0) is 28.5. The van der Waals surface area contributed by atoms with Crippen molar-refractivity contribution < 1.29 is 17.7 Å². The van der Waals surface area contributed by atoms with Crippen LogP contribution in [0.3, 0.4) is 0 Å². The number of aromatic nitrogens is 1. The second-order valence-corrected chi connectivity index (χ2v) is 13.1. The minimum Gasteiger partial charge on any atom is -0.335 e. The molecular formula is C33H34F3N2S2+. The van der Waals surface area contributed by atoms with Gasteiger partial charge < -0.3 is 4.90 Å². The lowest BCUT2D eigenvalue weighted by Crippen LogP contribution is -2.32. The third-order valence-electron chi connectivity index (χ3n) is 7.18. The van der Waals surface area contributed by atoms with Gasteiger partial charge in [0.05, 0.1) is 16.1 Å². The molecule has 7 heteroatoms. The fraction of sp³-hybridized carbons (Fsp3) is 0.303. The lowest BCUT2D eigenvalue weighted by atomic mass is 9.75. The van der Waals surface area contributed by atoms with E-state index in [0.717, 1.165) is 42.4 Å². The van der Waals surface area contributed by atoms with Crippen LogP contribution in [0.5, 0.6) is 0 Å². The van der Waals surface area contributed by atoms with E-state index in [1.807, 2.05) is 43.1 Å². The highest BCUT2D eigenvalue weighted by Crippen LogP contribution is 2.47. The summed E-state index contributed by atoms with van der Waals surface area (Å²) in [4.78, 5) is 3.87. The maximum Gasteiger partial charge on any atom is 0.446 e. The number of fused-ring (bicyclic) bond motifs is 2. The van der Waals surface area contributed by atoms with Gasteiger partial charge in [-0.1, -0.05) is 62.0 Å². The number of benzene rings is 2. The van der Waals surface area contributed by atoms with Crippen LogP contribution in [-0.4, -0.2) is 12.1 Å². The third kappa shape index (κ3) is 6.52. The van der Waals surface area contributed by atoms with Crippen molar-refractivity contribution in [2.45, 2.75) is 62.4 Å². The number of nitrogens with zero attached hydrogens (tertiary/aromatic N) is 2.